The Bertz CT molecular complexity index is 967. The molecule has 1 N–H and O–H groups in total. The molecule has 2 aromatic rings. The highest BCUT2D eigenvalue weighted by molar-refractivity contribution is 9.10. The highest BCUT2D eigenvalue weighted by Gasteiger charge is 2.21. The van der Waals surface area contributed by atoms with Crippen LogP contribution in [0.25, 0.3) is 0 Å². The minimum Gasteiger partial charge on any atom is -0.454 e. The van der Waals surface area contributed by atoms with Gasteiger partial charge in [0, 0.05) is 23.2 Å². The van der Waals surface area contributed by atoms with Crippen LogP contribution in [-0.2, 0) is 19.5 Å². The maximum absolute atomic E-state index is 12.3. The molecule has 9 heteroatoms. The standard InChI is InChI=1S/C20H20BrNO6S/c21-16-7-3-14(4-8-16)19(23)13-28-20(24)15-5-9-18(10-6-15)29(25,26)22-12-17-2-1-11-27-17/h3-10,17,22H,1-2,11-13H2. The number of nitrogens with one attached hydrogen (secondary N) is 1. The molecule has 0 amide bonds. The number of carbonyl (C=O) groups is 2. The summed E-state index contributed by atoms with van der Waals surface area (Å²) in [6.45, 7) is 0.460. The van der Waals surface area contributed by atoms with E-state index in [4.69, 9.17) is 9.47 Å². The summed E-state index contributed by atoms with van der Waals surface area (Å²) < 4.78 is 38.5. The number of sulfonamides is 1. The molecule has 0 saturated carbocycles. The van der Waals surface area contributed by atoms with Crippen LogP contribution in [0.15, 0.2) is 57.9 Å². The minimum absolute atomic E-state index is 0.0398. The smallest absolute Gasteiger partial charge is 0.338 e. The molecule has 0 bridgehead atoms. The SMILES string of the molecule is O=C(COC(=O)c1ccc(S(=O)(=O)NCC2CCCO2)cc1)c1ccc(Br)cc1. The maximum Gasteiger partial charge on any atom is 0.338 e. The summed E-state index contributed by atoms with van der Waals surface area (Å²) in [5.41, 5.74) is 0.589. The van der Waals surface area contributed by atoms with Crippen molar-refractivity contribution < 1.29 is 27.5 Å². The van der Waals surface area contributed by atoms with Crippen molar-refractivity contribution in [1.29, 1.82) is 0 Å². The molecule has 1 atom stereocenters. The molecule has 0 spiro atoms. The van der Waals surface area contributed by atoms with Gasteiger partial charge in [-0.3, -0.25) is 4.79 Å². The third kappa shape index (κ3) is 5.96. The Morgan fingerprint density at radius 1 is 1.07 bits per heavy atom. The molecular weight excluding hydrogens is 462 g/mol. The number of esters is 1. The maximum atomic E-state index is 12.3. The van der Waals surface area contributed by atoms with E-state index in [9.17, 15) is 18.0 Å². The van der Waals surface area contributed by atoms with Gasteiger partial charge in [0.05, 0.1) is 16.6 Å². The van der Waals surface area contributed by atoms with E-state index in [0.717, 1.165) is 17.3 Å². The molecule has 0 radical (unpaired) electrons. The topological polar surface area (TPSA) is 98.8 Å². The first-order valence-electron chi connectivity index (χ1n) is 9.02. The highest BCUT2D eigenvalue weighted by atomic mass is 79.9. The van der Waals surface area contributed by atoms with Crippen molar-refractivity contribution in [2.45, 2.75) is 23.8 Å². The van der Waals surface area contributed by atoms with Crippen molar-refractivity contribution in [3.8, 4) is 0 Å². The van der Waals surface area contributed by atoms with Gasteiger partial charge in [-0.1, -0.05) is 28.1 Å². The molecule has 1 aliphatic rings. The van der Waals surface area contributed by atoms with Crippen LogP contribution in [0.5, 0.6) is 0 Å². The van der Waals surface area contributed by atoms with Crippen molar-refractivity contribution in [3.63, 3.8) is 0 Å². The Balaban J connectivity index is 1.55. The van der Waals surface area contributed by atoms with Gasteiger partial charge in [0.2, 0.25) is 10.0 Å². The fourth-order valence-corrected chi connectivity index (χ4v) is 4.13. The zero-order chi connectivity index (χ0) is 20.9. The quantitative estimate of drug-likeness (QED) is 0.459. The number of rotatable bonds is 8. The second-order valence-corrected chi connectivity index (χ2v) is 9.20. The van der Waals surface area contributed by atoms with Crippen LogP contribution in [0, 0.1) is 0 Å². The zero-order valence-corrected chi connectivity index (χ0v) is 17.9. The number of ketones is 1. The number of benzene rings is 2. The molecule has 0 aromatic heterocycles. The molecule has 1 aliphatic heterocycles. The van der Waals surface area contributed by atoms with E-state index in [1.807, 2.05) is 0 Å². The first-order chi connectivity index (χ1) is 13.8. The van der Waals surface area contributed by atoms with Gasteiger partial charge in [0.15, 0.2) is 12.4 Å². The van der Waals surface area contributed by atoms with Crippen molar-refractivity contribution >= 4 is 37.7 Å². The molecule has 3 rings (SSSR count). The summed E-state index contributed by atoms with van der Waals surface area (Å²) in [7, 11) is -3.70. The van der Waals surface area contributed by atoms with E-state index in [0.29, 0.717) is 12.2 Å². The Hall–Kier alpha value is -2.07. The Morgan fingerprint density at radius 3 is 2.34 bits per heavy atom. The zero-order valence-electron chi connectivity index (χ0n) is 15.5. The number of hydrogen-bond donors (Lipinski definition) is 1. The van der Waals surface area contributed by atoms with Gasteiger partial charge in [-0.25, -0.2) is 17.9 Å². The van der Waals surface area contributed by atoms with Gasteiger partial charge in [-0.15, -0.1) is 0 Å². The Kier molecular flexibility index (Phi) is 7.18. The second-order valence-electron chi connectivity index (χ2n) is 6.52. The van der Waals surface area contributed by atoms with Crippen LogP contribution in [-0.4, -0.2) is 46.0 Å². The fourth-order valence-electron chi connectivity index (χ4n) is 2.80. The van der Waals surface area contributed by atoms with Crippen LogP contribution < -0.4 is 4.72 Å². The van der Waals surface area contributed by atoms with Gasteiger partial charge in [0.25, 0.3) is 0 Å². The number of hydrogen-bond acceptors (Lipinski definition) is 6. The molecule has 29 heavy (non-hydrogen) atoms. The number of halogens is 1. The normalized spacial score (nSPS) is 16.5. The minimum atomic E-state index is -3.70. The van der Waals surface area contributed by atoms with E-state index in [-0.39, 0.29) is 28.9 Å². The lowest BCUT2D eigenvalue weighted by Crippen LogP contribution is -2.31. The molecule has 2 aromatic carbocycles. The van der Waals surface area contributed by atoms with Gasteiger partial charge in [-0.05, 0) is 49.2 Å². The van der Waals surface area contributed by atoms with Gasteiger partial charge < -0.3 is 9.47 Å². The van der Waals surface area contributed by atoms with Crippen molar-refractivity contribution in [2.75, 3.05) is 19.8 Å². The molecule has 1 unspecified atom stereocenters. The van der Waals surface area contributed by atoms with E-state index >= 15 is 0 Å². The lowest BCUT2D eigenvalue weighted by atomic mass is 10.1. The summed E-state index contributed by atoms with van der Waals surface area (Å²) in [5, 5.41) is 0. The van der Waals surface area contributed by atoms with Crippen LogP contribution in [0.2, 0.25) is 0 Å². The monoisotopic (exact) mass is 481 g/mol. The summed E-state index contributed by atoms with van der Waals surface area (Å²) in [4.78, 5) is 24.2. The molecule has 154 valence electrons. The number of carbonyl (C=O) groups excluding carboxylic acids is 2. The van der Waals surface area contributed by atoms with Gasteiger partial charge in [0.1, 0.15) is 0 Å². The highest BCUT2D eigenvalue weighted by Crippen LogP contribution is 2.15. The average molecular weight is 482 g/mol. The van der Waals surface area contributed by atoms with Crippen molar-refractivity contribution in [3.05, 3.63) is 64.1 Å². The molecule has 1 fully saturated rings. The molecule has 1 saturated heterocycles. The average Bonchev–Trinajstić information content (AvgIpc) is 3.25. The predicted octanol–water partition coefficient (Wildman–Crippen LogP) is 2.95. The van der Waals surface area contributed by atoms with Gasteiger partial charge in [-0.2, -0.15) is 0 Å². The number of Topliss-reactive ketones (excluding diaryl/α,β-unsaturated/α-hetero) is 1. The summed E-state index contributed by atoms with van der Waals surface area (Å²) in [5.74, 6) is -1.03. The molecule has 1 heterocycles. The predicted molar refractivity (Wildman–Crippen MR) is 109 cm³/mol. The van der Waals surface area contributed by atoms with E-state index in [2.05, 4.69) is 20.7 Å². The van der Waals surface area contributed by atoms with Gasteiger partial charge >= 0.3 is 5.97 Å². The Labute approximate surface area is 177 Å². The van der Waals surface area contributed by atoms with E-state index in [1.54, 1.807) is 24.3 Å². The van der Waals surface area contributed by atoms with E-state index < -0.39 is 22.6 Å². The largest absolute Gasteiger partial charge is 0.454 e. The molecule has 7 nitrogen and oxygen atoms in total. The van der Waals surface area contributed by atoms with Crippen LogP contribution >= 0.6 is 15.9 Å². The van der Waals surface area contributed by atoms with Crippen LogP contribution in [0.3, 0.4) is 0 Å². The molecule has 0 aliphatic carbocycles. The summed E-state index contributed by atoms with van der Waals surface area (Å²) in [6, 6.07) is 12.1. The van der Waals surface area contributed by atoms with Crippen molar-refractivity contribution in [1.82, 2.24) is 4.72 Å². The summed E-state index contributed by atoms with van der Waals surface area (Å²) >= 11 is 3.28. The lowest BCUT2D eigenvalue weighted by Gasteiger charge is -2.11. The second kappa shape index (κ2) is 9.62. The van der Waals surface area contributed by atoms with Crippen LogP contribution in [0.4, 0.5) is 0 Å². The number of ether oxygens (including phenoxy) is 2. The lowest BCUT2D eigenvalue weighted by molar-refractivity contribution is 0.0474. The molecular formula is C20H20BrNO6S. The van der Waals surface area contributed by atoms with E-state index in [1.165, 1.54) is 24.3 Å². The first kappa shape index (κ1) is 21.6. The first-order valence-corrected chi connectivity index (χ1v) is 11.3. The van der Waals surface area contributed by atoms with Crippen LogP contribution in [0.1, 0.15) is 33.6 Å². The summed E-state index contributed by atoms with van der Waals surface area (Å²) in [6.07, 6.45) is 1.64. The third-order valence-electron chi connectivity index (χ3n) is 4.43. The fraction of sp³-hybridized carbons (Fsp3) is 0.300. The Morgan fingerprint density at radius 2 is 1.72 bits per heavy atom. The van der Waals surface area contributed by atoms with Crippen molar-refractivity contribution in [2.24, 2.45) is 0 Å². The third-order valence-corrected chi connectivity index (χ3v) is 6.39.